The third-order valence-corrected chi connectivity index (χ3v) is 6.14. The maximum absolute atomic E-state index is 13.2. The maximum Gasteiger partial charge on any atom is 0.266 e. The van der Waals surface area contributed by atoms with E-state index in [1.165, 1.54) is 5.56 Å². The second-order valence-corrected chi connectivity index (χ2v) is 8.82. The molecule has 0 radical (unpaired) electrons. The van der Waals surface area contributed by atoms with Crippen molar-refractivity contribution in [3.8, 4) is 5.75 Å². The van der Waals surface area contributed by atoms with Gasteiger partial charge in [-0.1, -0.05) is 37.3 Å². The van der Waals surface area contributed by atoms with Crippen molar-refractivity contribution in [3.05, 3.63) is 64.7 Å². The summed E-state index contributed by atoms with van der Waals surface area (Å²) in [6.45, 7) is 4.29. The lowest BCUT2D eigenvalue weighted by molar-refractivity contribution is -0.131. The molecular formula is C26H29N3O5. The number of benzene rings is 2. The van der Waals surface area contributed by atoms with Gasteiger partial charge in [0.15, 0.2) is 0 Å². The van der Waals surface area contributed by atoms with Crippen molar-refractivity contribution in [2.45, 2.75) is 51.8 Å². The molecule has 0 spiro atoms. The van der Waals surface area contributed by atoms with Crippen molar-refractivity contribution in [1.82, 2.24) is 15.1 Å². The van der Waals surface area contributed by atoms with Crippen molar-refractivity contribution in [1.29, 1.82) is 0 Å². The molecule has 2 heterocycles. The van der Waals surface area contributed by atoms with Gasteiger partial charge in [0.2, 0.25) is 11.8 Å². The van der Waals surface area contributed by atoms with E-state index in [0.29, 0.717) is 12.2 Å². The van der Waals surface area contributed by atoms with Gasteiger partial charge in [-0.2, -0.15) is 0 Å². The standard InChI is InChI=1S/C26H29N3O5/c1-3-14-28(2)15-17-10-12-18(13-11-17)16-34-21-8-4-6-19-23(21)26(33)29(25(19)32)20-7-5-9-22(30)27-24(20)31/h4,6,8,10-13,20H,3,5,7,9,14-16H2,1-2H3,(H,27,30,31)/t20-/m0/s1. The number of hydrogen-bond acceptors (Lipinski definition) is 6. The molecule has 0 unspecified atom stereocenters. The minimum atomic E-state index is -1.01. The van der Waals surface area contributed by atoms with Gasteiger partial charge in [0.1, 0.15) is 18.4 Å². The second-order valence-electron chi connectivity index (χ2n) is 8.82. The van der Waals surface area contributed by atoms with E-state index >= 15 is 0 Å². The molecule has 2 aliphatic rings. The molecule has 1 saturated heterocycles. The Bertz CT molecular complexity index is 1110. The predicted octanol–water partition coefficient (Wildman–Crippen LogP) is 2.90. The Balaban J connectivity index is 1.48. The van der Waals surface area contributed by atoms with Crippen LogP contribution in [0.4, 0.5) is 0 Å². The summed E-state index contributed by atoms with van der Waals surface area (Å²) in [7, 11) is 2.09. The first-order chi connectivity index (χ1) is 16.4. The minimum absolute atomic E-state index is 0.161. The van der Waals surface area contributed by atoms with E-state index in [1.54, 1.807) is 18.2 Å². The first kappa shape index (κ1) is 23.6. The number of nitrogens with one attached hydrogen (secondary N) is 1. The molecule has 0 saturated carbocycles. The molecule has 4 rings (SSSR count). The molecule has 178 valence electrons. The third-order valence-electron chi connectivity index (χ3n) is 6.14. The lowest BCUT2D eigenvalue weighted by Gasteiger charge is -2.23. The number of carbonyl (C=O) groups is 4. The molecule has 0 aromatic heterocycles. The molecule has 8 nitrogen and oxygen atoms in total. The average molecular weight is 464 g/mol. The topological polar surface area (TPSA) is 96.0 Å². The van der Waals surface area contributed by atoms with Crippen LogP contribution >= 0.6 is 0 Å². The van der Waals surface area contributed by atoms with E-state index in [0.717, 1.165) is 30.0 Å². The SMILES string of the molecule is CCCN(C)Cc1ccc(COc2cccc3c2C(=O)N([C@H]2CCCC(=O)NC2=O)C3=O)cc1. The fourth-order valence-corrected chi connectivity index (χ4v) is 4.47. The van der Waals surface area contributed by atoms with Crippen LogP contribution in [0.5, 0.6) is 5.75 Å². The summed E-state index contributed by atoms with van der Waals surface area (Å²) >= 11 is 0. The van der Waals surface area contributed by atoms with Gasteiger partial charge in [-0.3, -0.25) is 29.4 Å². The number of carbonyl (C=O) groups excluding carboxylic acids is 4. The van der Waals surface area contributed by atoms with Crippen molar-refractivity contribution < 1.29 is 23.9 Å². The summed E-state index contributed by atoms with van der Waals surface area (Å²) in [6, 6.07) is 12.0. The Kier molecular flexibility index (Phi) is 7.07. The lowest BCUT2D eigenvalue weighted by Crippen LogP contribution is -2.49. The minimum Gasteiger partial charge on any atom is -0.488 e. The van der Waals surface area contributed by atoms with Crippen LogP contribution in [0.15, 0.2) is 42.5 Å². The van der Waals surface area contributed by atoms with E-state index in [1.807, 2.05) is 12.1 Å². The summed E-state index contributed by atoms with van der Waals surface area (Å²) in [5.74, 6) is -1.82. The van der Waals surface area contributed by atoms with Crippen LogP contribution in [0.1, 0.15) is 64.4 Å². The zero-order valence-corrected chi connectivity index (χ0v) is 19.5. The molecule has 2 aromatic carbocycles. The molecule has 2 aliphatic heterocycles. The second kappa shape index (κ2) is 10.2. The number of nitrogens with zero attached hydrogens (tertiary/aromatic N) is 2. The molecule has 1 N–H and O–H groups in total. The quantitative estimate of drug-likeness (QED) is 0.605. The molecule has 0 bridgehead atoms. The van der Waals surface area contributed by atoms with Gasteiger partial charge in [0.25, 0.3) is 11.8 Å². The van der Waals surface area contributed by atoms with E-state index in [2.05, 4.69) is 36.3 Å². The number of hydrogen-bond donors (Lipinski definition) is 1. The summed E-state index contributed by atoms with van der Waals surface area (Å²) in [5.41, 5.74) is 2.51. The number of amides is 4. The monoisotopic (exact) mass is 463 g/mol. The highest BCUT2D eigenvalue weighted by Crippen LogP contribution is 2.34. The van der Waals surface area contributed by atoms with Crippen molar-refractivity contribution in [3.63, 3.8) is 0 Å². The summed E-state index contributed by atoms with van der Waals surface area (Å²) in [6.07, 6.45) is 1.96. The molecule has 0 aliphatic carbocycles. The molecule has 1 atom stereocenters. The smallest absolute Gasteiger partial charge is 0.266 e. The van der Waals surface area contributed by atoms with Crippen LogP contribution in [0.3, 0.4) is 0 Å². The van der Waals surface area contributed by atoms with Crippen LogP contribution in [0, 0.1) is 0 Å². The highest BCUT2D eigenvalue weighted by molar-refractivity contribution is 6.24. The zero-order chi connectivity index (χ0) is 24.2. The molecule has 4 amide bonds. The average Bonchev–Trinajstić information content (AvgIpc) is 2.94. The molecule has 2 aromatic rings. The molecule has 8 heteroatoms. The van der Waals surface area contributed by atoms with Gasteiger partial charge >= 0.3 is 0 Å². The Morgan fingerprint density at radius 2 is 1.76 bits per heavy atom. The van der Waals surface area contributed by atoms with E-state index < -0.39 is 29.7 Å². The van der Waals surface area contributed by atoms with Gasteiger partial charge in [-0.05, 0) is 56.1 Å². The van der Waals surface area contributed by atoms with Crippen LogP contribution in [0.2, 0.25) is 0 Å². The highest BCUT2D eigenvalue weighted by atomic mass is 16.5. The fraction of sp³-hybridized carbons (Fsp3) is 0.385. The predicted molar refractivity (Wildman–Crippen MR) is 125 cm³/mol. The van der Waals surface area contributed by atoms with Gasteiger partial charge in [-0.25, -0.2) is 0 Å². The normalized spacial score (nSPS) is 18.2. The van der Waals surface area contributed by atoms with E-state index in [4.69, 9.17) is 4.74 Å². The third kappa shape index (κ3) is 4.87. The van der Waals surface area contributed by atoms with E-state index in [-0.39, 0.29) is 30.6 Å². The largest absolute Gasteiger partial charge is 0.488 e. The van der Waals surface area contributed by atoms with Gasteiger partial charge in [0, 0.05) is 13.0 Å². The number of rotatable bonds is 8. The summed E-state index contributed by atoms with van der Waals surface area (Å²) < 4.78 is 5.95. The fourth-order valence-electron chi connectivity index (χ4n) is 4.47. The van der Waals surface area contributed by atoms with Gasteiger partial charge in [-0.15, -0.1) is 0 Å². The van der Waals surface area contributed by atoms with Crippen LogP contribution < -0.4 is 10.1 Å². The summed E-state index contributed by atoms with van der Waals surface area (Å²) in [5, 5.41) is 2.26. The Labute approximate surface area is 198 Å². The van der Waals surface area contributed by atoms with E-state index in [9.17, 15) is 19.2 Å². The first-order valence-electron chi connectivity index (χ1n) is 11.6. The molecule has 34 heavy (non-hydrogen) atoms. The zero-order valence-electron chi connectivity index (χ0n) is 19.5. The Hall–Kier alpha value is -3.52. The molecule has 1 fully saturated rings. The summed E-state index contributed by atoms with van der Waals surface area (Å²) in [4.78, 5) is 53.6. The van der Waals surface area contributed by atoms with Crippen molar-refractivity contribution in [2.75, 3.05) is 13.6 Å². The van der Waals surface area contributed by atoms with Gasteiger partial charge < -0.3 is 9.64 Å². The first-order valence-corrected chi connectivity index (χ1v) is 11.6. The number of imide groups is 2. The van der Waals surface area contributed by atoms with Crippen LogP contribution in [0.25, 0.3) is 0 Å². The molecular weight excluding hydrogens is 434 g/mol. The number of fused-ring (bicyclic) bond motifs is 1. The van der Waals surface area contributed by atoms with Crippen molar-refractivity contribution >= 4 is 23.6 Å². The maximum atomic E-state index is 13.2. The van der Waals surface area contributed by atoms with Crippen LogP contribution in [-0.4, -0.2) is 53.1 Å². The Morgan fingerprint density at radius 3 is 2.50 bits per heavy atom. The Morgan fingerprint density at radius 1 is 1.03 bits per heavy atom. The van der Waals surface area contributed by atoms with Gasteiger partial charge in [0.05, 0.1) is 11.1 Å². The van der Waals surface area contributed by atoms with Crippen LogP contribution in [-0.2, 0) is 22.7 Å². The number of ether oxygens (including phenoxy) is 1. The highest BCUT2D eigenvalue weighted by Gasteiger charge is 2.45. The lowest BCUT2D eigenvalue weighted by atomic mass is 10.1. The van der Waals surface area contributed by atoms with Crippen molar-refractivity contribution in [2.24, 2.45) is 0 Å².